The predicted octanol–water partition coefficient (Wildman–Crippen LogP) is 0.503. The zero-order valence-corrected chi connectivity index (χ0v) is 8.89. The summed E-state index contributed by atoms with van der Waals surface area (Å²) in [6, 6.07) is 0. The molecule has 92 valence electrons. The van der Waals surface area contributed by atoms with E-state index in [0.717, 1.165) is 0 Å². The van der Waals surface area contributed by atoms with Crippen LogP contribution < -0.4 is 0 Å². The van der Waals surface area contributed by atoms with Crippen molar-refractivity contribution >= 4 is 12.4 Å². The molecule has 2 atom stereocenters. The molecule has 3 nitrogen and oxygen atoms in total. The van der Waals surface area contributed by atoms with E-state index in [2.05, 4.69) is 0 Å². The van der Waals surface area contributed by atoms with Crippen molar-refractivity contribution in [2.24, 2.45) is 11.8 Å². The van der Waals surface area contributed by atoms with E-state index >= 15 is 0 Å². The molecular formula is C8H15ClF3NO2. The van der Waals surface area contributed by atoms with Crippen molar-refractivity contribution in [3.8, 4) is 0 Å². The number of nitrogens with zero attached hydrogens (tertiary/aromatic N) is 1. The van der Waals surface area contributed by atoms with E-state index < -0.39 is 12.7 Å². The molecule has 7 heteroatoms. The number of halogens is 4. The standard InChI is InChI=1S/C8H14F3NO2.ClH/c9-8(10,11)5-12-1-6(3-13)7(2-12)4-14;/h6-7,13-14H,1-5H2;1H/t6-,7-;/m0./s1. The van der Waals surface area contributed by atoms with E-state index in [9.17, 15) is 13.2 Å². The van der Waals surface area contributed by atoms with Gasteiger partial charge in [-0.3, -0.25) is 4.90 Å². The maximum atomic E-state index is 12.0. The lowest BCUT2D eigenvalue weighted by Gasteiger charge is -2.17. The lowest BCUT2D eigenvalue weighted by atomic mass is 9.98. The first-order valence-corrected chi connectivity index (χ1v) is 4.47. The van der Waals surface area contributed by atoms with Crippen molar-refractivity contribution in [2.75, 3.05) is 32.8 Å². The van der Waals surface area contributed by atoms with Crippen LogP contribution in [0.15, 0.2) is 0 Å². The minimum absolute atomic E-state index is 0. The van der Waals surface area contributed by atoms with E-state index in [0.29, 0.717) is 0 Å². The average molecular weight is 250 g/mol. The minimum Gasteiger partial charge on any atom is -0.396 e. The number of alkyl halides is 3. The van der Waals surface area contributed by atoms with Crippen LogP contribution in [0.5, 0.6) is 0 Å². The molecule has 0 aliphatic carbocycles. The fourth-order valence-corrected chi connectivity index (χ4v) is 1.83. The van der Waals surface area contributed by atoms with Crippen molar-refractivity contribution in [3.63, 3.8) is 0 Å². The molecule has 0 unspecified atom stereocenters. The SMILES string of the molecule is Cl.OC[C@@H]1CN(CC(F)(F)F)C[C@H]1CO. The molecule has 15 heavy (non-hydrogen) atoms. The summed E-state index contributed by atoms with van der Waals surface area (Å²) in [5.74, 6) is -0.468. The summed E-state index contributed by atoms with van der Waals surface area (Å²) in [6.45, 7) is -0.873. The highest BCUT2D eigenvalue weighted by atomic mass is 35.5. The molecule has 2 N–H and O–H groups in total. The fourth-order valence-electron chi connectivity index (χ4n) is 1.83. The molecule has 0 aromatic rings. The van der Waals surface area contributed by atoms with Crippen LogP contribution >= 0.6 is 12.4 Å². The lowest BCUT2D eigenvalue weighted by molar-refractivity contribution is -0.144. The lowest BCUT2D eigenvalue weighted by Crippen LogP contribution is -2.33. The van der Waals surface area contributed by atoms with Gasteiger partial charge in [0.25, 0.3) is 0 Å². The van der Waals surface area contributed by atoms with Gasteiger partial charge in [0, 0.05) is 38.1 Å². The van der Waals surface area contributed by atoms with Crippen LogP contribution in [0.4, 0.5) is 13.2 Å². The van der Waals surface area contributed by atoms with Gasteiger partial charge in [-0.05, 0) is 0 Å². The zero-order chi connectivity index (χ0) is 10.8. The van der Waals surface area contributed by atoms with Gasteiger partial charge in [-0.1, -0.05) is 0 Å². The Labute approximate surface area is 92.3 Å². The van der Waals surface area contributed by atoms with E-state index in [1.807, 2.05) is 0 Å². The van der Waals surface area contributed by atoms with Gasteiger partial charge in [0.05, 0.1) is 6.54 Å². The highest BCUT2D eigenvalue weighted by Crippen LogP contribution is 2.26. The summed E-state index contributed by atoms with van der Waals surface area (Å²) in [6.07, 6.45) is -4.20. The fraction of sp³-hybridized carbons (Fsp3) is 1.00. The molecule has 0 radical (unpaired) electrons. The molecule has 0 aromatic heterocycles. The third-order valence-electron chi connectivity index (χ3n) is 2.52. The maximum absolute atomic E-state index is 12.0. The summed E-state index contributed by atoms with van der Waals surface area (Å²) in [4.78, 5) is 1.22. The van der Waals surface area contributed by atoms with Crippen LogP contribution in [-0.2, 0) is 0 Å². The first kappa shape index (κ1) is 15.0. The quantitative estimate of drug-likeness (QED) is 0.766. The Hall–Kier alpha value is -0.0400. The number of aliphatic hydroxyl groups excluding tert-OH is 2. The van der Waals surface area contributed by atoms with Crippen LogP contribution in [0, 0.1) is 11.8 Å². The van der Waals surface area contributed by atoms with E-state index in [1.54, 1.807) is 0 Å². The second kappa shape index (κ2) is 5.89. The second-order valence-corrected chi connectivity index (χ2v) is 3.69. The third kappa shape index (κ3) is 4.55. The van der Waals surface area contributed by atoms with Crippen LogP contribution in [-0.4, -0.2) is 54.1 Å². The van der Waals surface area contributed by atoms with Crippen LogP contribution in [0.1, 0.15) is 0 Å². The maximum Gasteiger partial charge on any atom is 0.401 e. The van der Waals surface area contributed by atoms with E-state index in [-0.39, 0.29) is 50.5 Å². The van der Waals surface area contributed by atoms with Crippen LogP contribution in [0.25, 0.3) is 0 Å². The number of rotatable bonds is 3. The number of hydrogen-bond donors (Lipinski definition) is 2. The molecule has 0 aromatic carbocycles. The average Bonchev–Trinajstić information content (AvgIpc) is 2.43. The minimum atomic E-state index is -4.20. The van der Waals surface area contributed by atoms with Gasteiger partial charge < -0.3 is 10.2 Å². The summed E-state index contributed by atoms with van der Waals surface area (Å²) >= 11 is 0. The van der Waals surface area contributed by atoms with Gasteiger partial charge in [0.2, 0.25) is 0 Å². The van der Waals surface area contributed by atoms with Gasteiger partial charge in [0.15, 0.2) is 0 Å². The molecule has 0 amide bonds. The highest BCUT2D eigenvalue weighted by molar-refractivity contribution is 5.85. The summed E-state index contributed by atoms with van der Waals surface area (Å²) < 4.78 is 36.0. The normalized spacial score (nSPS) is 27.8. The molecular weight excluding hydrogens is 235 g/mol. The molecule has 0 spiro atoms. The largest absolute Gasteiger partial charge is 0.401 e. The topological polar surface area (TPSA) is 43.7 Å². The van der Waals surface area contributed by atoms with Crippen LogP contribution in [0.3, 0.4) is 0 Å². The predicted molar refractivity (Wildman–Crippen MR) is 50.9 cm³/mol. The highest BCUT2D eigenvalue weighted by Gasteiger charge is 2.38. The van der Waals surface area contributed by atoms with Gasteiger partial charge in [-0.15, -0.1) is 12.4 Å². The first-order chi connectivity index (χ1) is 6.46. The molecule has 1 fully saturated rings. The Morgan fingerprint density at radius 2 is 1.47 bits per heavy atom. The zero-order valence-electron chi connectivity index (χ0n) is 8.07. The van der Waals surface area contributed by atoms with Crippen molar-refractivity contribution in [3.05, 3.63) is 0 Å². The van der Waals surface area contributed by atoms with E-state index in [4.69, 9.17) is 10.2 Å². The summed E-state index contributed by atoms with van der Waals surface area (Å²) in [5.41, 5.74) is 0. The number of aliphatic hydroxyl groups is 2. The molecule has 0 bridgehead atoms. The Kier molecular flexibility index (Phi) is 5.87. The molecule has 1 saturated heterocycles. The second-order valence-electron chi connectivity index (χ2n) is 3.69. The van der Waals surface area contributed by atoms with Gasteiger partial charge in [-0.2, -0.15) is 13.2 Å². The summed E-state index contributed by atoms with van der Waals surface area (Å²) in [5, 5.41) is 17.7. The van der Waals surface area contributed by atoms with Gasteiger partial charge in [-0.25, -0.2) is 0 Å². The summed E-state index contributed by atoms with van der Waals surface area (Å²) in [7, 11) is 0. The number of hydrogen-bond acceptors (Lipinski definition) is 3. The molecule has 1 aliphatic rings. The monoisotopic (exact) mass is 249 g/mol. The first-order valence-electron chi connectivity index (χ1n) is 4.47. The smallest absolute Gasteiger partial charge is 0.396 e. The van der Waals surface area contributed by atoms with E-state index in [1.165, 1.54) is 4.90 Å². The molecule has 0 saturated carbocycles. The van der Waals surface area contributed by atoms with Crippen molar-refractivity contribution in [1.29, 1.82) is 0 Å². The van der Waals surface area contributed by atoms with Crippen molar-refractivity contribution in [1.82, 2.24) is 4.90 Å². The van der Waals surface area contributed by atoms with Crippen molar-refractivity contribution in [2.45, 2.75) is 6.18 Å². The Morgan fingerprint density at radius 1 is 1.07 bits per heavy atom. The Bertz CT molecular complexity index is 179. The Morgan fingerprint density at radius 3 is 1.73 bits per heavy atom. The molecule has 1 aliphatic heterocycles. The third-order valence-corrected chi connectivity index (χ3v) is 2.52. The van der Waals surface area contributed by atoms with Gasteiger partial charge >= 0.3 is 6.18 Å². The van der Waals surface area contributed by atoms with Gasteiger partial charge in [0.1, 0.15) is 0 Å². The molecule has 1 heterocycles. The van der Waals surface area contributed by atoms with Crippen molar-refractivity contribution < 1.29 is 23.4 Å². The molecule has 1 rings (SSSR count). The van der Waals surface area contributed by atoms with Crippen LogP contribution in [0.2, 0.25) is 0 Å². The Balaban J connectivity index is 0.00000196. The number of likely N-dealkylation sites (tertiary alicyclic amines) is 1.